The van der Waals surface area contributed by atoms with Gasteiger partial charge in [0.25, 0.3) is 5.91 Å². The number of amides is 1. The topological polar surface area (TPSA) is 46.3 Å². The molecule has 5 heteroatoms. The van der Waals surface area contributed by atoms with E-state index >= 15 is 0 Å². The lowest BCUT2D eigenvalue weighted by molar-refractivity contribution is -0.900. The minimum atomic E-state index is -0.0284. The van der Waals surface area contributed by atoms with Crippen molar-refractivity contribution >= 4 is 11.6 Å². The Morgan fingerprint density at radius 1 is 1.04 bits per heavy atom. The molecule has 4 rings (SSSR count). The van der Waals surface area contributed by atoms with Crippen LogP contribution in [0.1, 0.15) is 23.6 Å². The van der Waals surface area contributed by atoms with Gasteiger partial charge in [-0.2, -0.15) is 5.10 Å². The standard InChI is InChI=1S/C21H23N3O2/c25-21(16-23-11-13-26-14-12-23)24-20(18-9-5-2-6-10-18)15-19(22-24)17-7-3-1-4-8-17/h1-10,20H,11-16H2/p+1/t20-/m1/s1. The molecule has 0 bridgehead atoms. The first-order valence-electron chi connectivity index (χ1n) is 9.22. The summed E-state index contributed by atoms with van der Waals surface area (Å²) >= 11 is 0. The van der Waals surface area contributed by atoms with Crippen LogP contribution >= 0.6 is 0 Å². The van der Waals surface area contributed by atoms with Crippen LogP contribution in [0.4, 0.5) is 0 Å². The van der Waals surface area contributed by atoms with Gasteiger partial charge in [-0.3, -0.25) is 4.79 Å². The predicted octanol–water partition coefficient (Wildman–Crippen LogP) is 1.28. The van der Waals surface area contributed by atoms with Crippen LogP contribution in [0.25, 0.3) is 0 Å². The van der Waals surface area contributed by atoms with E-state index in [-0.39, 0.29) is 11.9 Å². The Morgan fingerprint density at radius 2 is 1.69 bits per heavy atom. The summed E-state index contributed by atoms with van der Waals surface area (Å²) in [6.45, 7) is 3.68. The molecule has 1 fully saturated rings. The molecule has 2 aliphatic heterocycles. The van der Waals surface area contributed by atoms with Crippen molar-refractivity contribution in [2.24, 2.45) is 5.10 Å². The molecule has 0 spiro atoms. The Hall–Kier alpha value is -2.50. The van der Waals surface area contributed by atoms with E-state index in [1.165, 1.54) is 4.90 Å². The van der Waals surface area contributed by atoms with E-state index in [1.54, 1.807) is 5.01 Å². The fourth-order valence-corrected chi connectivity index (χ4v) is 3.61. The van der Waals surface area contributed by atoms with Gasteiger partial charge in [0.15, 0.2) is 6.54 Å². The van der Waals surface area contributed by atoms with E-state index in [0.29, 0.717) is 6.54 Å². The van der Waals surface area contributed by atoms with Gasteiger partial charge < -0.3 is 9.64 Å². The first kappa shape index (κ1) is 16.9. The lowest BCUT2D eigenvalue weighted by Crippen LogP contribution is -3.15. The summed E-state index contributed by atoms with van der Waals surface area (Å²) in [7, 11) is 0. The van der Waals surface area contributed by atoms with E-state index < -0.39 is 0 Å². The van der Waals surface area contributed by atoms with Crippen LogP contribution in [-0.2, 0) is 9.53 Å². The van der Waals surface area contributed by atoms with Crippen molar-refractivity contribution in [3.8, 4) is 0 Å². The molecule has 134 valence electrons. The number of carbonyl (C=O) groups excluding carboxylic acids is 1. The minimum Gasteiger partial charge on any atom is -0.370 e. The van der Waals surface area contributed by atoms with Crippen LogP contribution in [0.15, 0.2) is 65.8 Å². The van der Waals surface area contributed by atoms with E-state index in [0.717, 1.165) is 49.6 Å². The van der Waals surface area contributed by atoms with Crippen molar-refractivity contribution < 1.29 is 14.4 Å². The molecule has 1 amide bonds. The molecule has 1 N–H and O–H groups in total. The van der Waals surface area contributed by atoms with Gasteiger partial charge in [0.2, 0.25) is 0 Å². The number of quaternary nitrogens is 1. The van der Waals surface area contributed by atoms with Crippen LogP contribution in [-0.4, -0.2) is 49.5 Å². The van der Waals surface area contributed by atoms with Crippen molar-refractivity contribution in [1.29, 1.82) is 0 Å². The SMILES string of the molecule is O=C(C[NH+]1CCOCC1)N1N=C(c2ccccc2)C[C@@H]1c1ccccc1. The van der Waals surface area contributed by atoms with Gasteiger partial charge >= 0.3 is 0 Å². The molecule has 2 aromatic carbocycles. The highest BCUT2D eigenvalue weighted by molar-refractivity contribution is 6.03. The maximum Gasteiger partial charge on any atom is 0.298 e. The van der Waals surface area contributed by atoms with E-state index in [1.807, 2.05) is 36.4 Å². The summed E-state index contributed by atoms with van der Waals surface area (Å²) in [5.74, 6) is 0.0849. The second-order valence-corrected chi connectivity index (χ2v) is 6.82. The molecule has 2 heterocycles. The highest BCUT2D eigenvalue weighted by atomic mass is 16.5. The first-order valence-corrected chi connectivity index (χ1v) is 9.22. The number of hydrogen-bond donors (Lipinski definition) is 1. The van der Waals surface area contributed by atoms with Crippen LogP contribution in [0.2, 0.25) is 0 Å². The first-order chi connectivity index (χ1) is 12.8. The average molecular weight is 350 g/mol. The summed E-state index contributed by atoms with van der Waals surface area (Å²) in [5.41, 5.74) is 3.19. The number of rotatable bonds is 4. The second-order valence-electron chi connectivity index (χ2n) is 6.82. The second kappa shape index (κ2) is 7.81. The predicted molar refractivity (Wildman–Crippen MR) is 100 cm³/mol. The molecular weight excluding hydrogens is 326 g/mol. The number of nitrogens with zero attached hydrogens (tertiary/aromatic N) is 2. The number of nitrogens with one attached hydrogen (secondary N) is 1. The molecule has 1 atom stereocenters. The van der Waals surface area contributed by atoms with Gasteiger partial charge in [-0.05, 0) is 11.1 Å². The van der Waals surface area contributed by atoms with Crippen LogP contribution < -0.4 is 4.90 Å². The van der Waals surface area contributed by atoms with Crippen LogP contribution in [0, 0.1) is 0 Å². The largest absolute Gasteiger partial charge is 0.370 e. The molecule has 2 aliphatic rings. The number of morpholine rings is 1. The fraction of sp³-hybridized carbons (Fsp3) is 0.333. The van der Waals surface area contributed by atoms with E-state index in [9.17, 15) is 4.79 Å². The third kappa shape index (κ3) is 3.69. The number of hydrogen-bond acceptors (Lipinski definition) is 3. The smallest absolute Gasteiger partial charge is 0.298 e. The van der Waals surface area contributed by atoms with Gasteiger partial charge in [-0.1, -0.05) is 60.7 Å². The zero-order valence-electron chi connectivity index (χ0n) is 14.8. The Balaban J connectivity index is 1.58. The zero-order chi connectivity index (χ0) is 17.8. The van der Waals surface area contributed by atoms with E-state index in [4.69, 9.17) is 9.84 Å². The monoisotopic (exact) mass is 350 g/mol. The Labute approximate surface area is 153 Å². The van der Waals surface area contributed by atoms with Crippen molar-refractivity contribution in [2.75, 3.05) is 32.8 Å². The van der Waals surface area contributed by atoms with Gasteiger partial charge in [-0.25, -0.2) is 5.01 Å². The third-order valence-electron chi connectivity index (χ3n) is 5.06. The molecule has 0 saturated carbocycles. The highest BCUT2D eigenvalue weighted by Crippen LogP contribution is 2.32. The number of hydrazone groups is 1. The lowest BCUT2D eigenvalue weighted by Gasteiger charge is -2.27. The Bertz CT molecular complexity index is 770. The molecule has 0 aromatic heterocycles. The maximum absolute atomic E-state index is 13.0. The fourth-order valence-electron chi connectivity index (χ4n) is 3.61. The highest BCUT2D eigenvalue weighted by Gasteiger charge is 2.34. The lowest BCUT2D eigenvalue weighted by atomic mass is 9.98. The number of ether oxygens (including phenoxy) is 1. The van der Waals surface area contributed by atoms with Crippen molar-refractivity contribution in [3.63, 3.8) is 0 Å². The van der Waals surface area contributed by atoms with Crippen molar-refractivity contribution in [3.05, 3.63) is 71.8 Å². The van der Waals surface area contributed by atoms with Gasteiger partial charge in [0.05, 0.1) is 25.0 Å². The number of benzene rings is 2. The summed E-state index contributed by atoms with van der Waals surface area (Å²) in [5, 5.41) is 6.45. The molecule has 1 saturated heterocycles. The van der Waals surface area contributed by atoms with E-state index in [2.05, 4.69) is 24.3 Å². The maximum atomic E-state index is 13.0. The molecular formula is C21H24N3O2+. The molecule has 5 nitrogen and oxygen atoms in total. The summed E-state index contributed by atoms with van der Waals surface area (Å²) in [6.07, 6.45) is 0.748. The van der Waals surface area contributed by atoms with Gasteiger partial charge in [0, 0.05) is 6.42 Å². The van der Waals surface area contributed by atoms with Crippen molar-refractivity contribution in [1.82, 2.24) is 5.01 Å². The molecule has 26 heavy (non-hydrogen) atoms. The third-order valence-corrected chi connectivity index (χ3v) is 5.06. The molecule has 0 aliphatic carbocycles. The number of carbonyl (C=O) groups is 1. The minimum absolute atomic E-state index is 0.0284. The zero-order valence-corrected chi connectivity index (χ0v) is 14.8. The molecule has 0 radical (unpaired) electrons. The van der Waals surface area contributed by atoms with Crippen LogP contribution in [0.5, 0.6) is 0 Å². The average Bonchev–Trinajstić information content (AvgIpc) is 3.16. The summed E-state index contributed by atoms with van der Waals surface area (Å²) in [6, 6.07) is 20.3. The quantitative estimate of drug-likeness (QED) is 0.903. The van der Waals surface area contributed by atoms with Crippen LogP contribution in [0.3, 0.4) is 0 Å². The van der Waals surface area contributed by atoms with Gasteiger partial charge in [-0.15, -0.1) is 0 Å². The molecule has 0 unspecified atom stereocenters. The summed E-state index contributed by atoms with van der Waals surface area (Å²) < 4.78 is 5.40. The molecule has 2 aromatic rings. The normalized spacial score (nSPS) is 20.8. The van der Waals surface area contributed by atoms with Crippen molar-refractivity contribution in [2.45, 2.75) is 12.5 Å². The Morgan fingerprint density at radius 3 is 2.38 bits per heavy atom. The Kier molecular flexibility index (Phi) is 5.09. The van der Waals surface area contributed by atoms with Gasteiger partial charge in [0.1, 0.15) is 13.1 Å². The summed E-state index contributed by atoms with van der Waals surface area (Å²) in [4.78, 5) is 14.3.